The lowest BCUT2D eigenvalue weighted by Crippen LogP contribution is -2.53. The molecule has 1 saturated heterocycles. The molecule has 6 heteroatoms. The monoisotopic (exact) mass is 367 g/mol. The molecule has 0 radical (unpaired) electrons. The summed E-state index contributed by atoms with van der Waals surface area (Å²) in [6.07, 6.45) is 0.575. The van der Waals surface area contributed by atoms with Gasteiger partial charge in [0.1, 0.15) is 17.3 Å². The summed E-state index contributed by atoms with van der Waals surface area (Å²) in [5, 5.41) is 2.83. The van der Waals surface area contributed by atoms with E-state index >= 15 is 0 Å². The number of methoxy groups -OCH3 is 1. The summed E-state index contributed by atoms with van der Waals surface area (Å²) in [4.78, 5) is 27.1. The summed E-state index contributed by atoms with van der Waals surface area (Å²) in [7, 11) is 1.62. The van der Waals surface area contributed by atoms with Crippen molar-refractivity contribution in [1.29, 1.82) is 0 Å². The average molecular weight is 367 g/mol. The summed E-state index contributed by atoms with van der Waals surface area (Å²) in [6.45, 7) is 2.77. The van der Waals surface area contributed by atoms with Crippen LogP contribution in [0.5, 0.6) is 5.75 Å². The minimum absolute atomic E-state index is 0.0805. The molecule has 2 aromatic rings. The van der Waals surface area contributed by atoms with E-state index in [9.17, 15) is 9.59 Å². The van der Waals surface area contributed by atoms with Crippen LogP contribution in [-0.2, 0) is 21.7 Å². The number of carbonyl (C=O) groups excluding carboxylic acids is 2. The van der Waals surface area contributed by atoms with Crippen LogP contribution in [0, 0.1) is 0 Å². The smallest absolute Gasteiger partial charge is 0.245 e. The molecule has 2 atom stereocenters. The number of carbonyl (C=O) groups is 2. The van der Waals surface area contributed by atoms with E-state index in [1.165, 1.54) is 0 Å². The molecular weight excluding hydrogens is 342 g/mol. The molecule has 1 fully saturated rings. The van der Waals surface area contributed by atoms with Crippen molar-refractivity contribution >= 4 is 11.8 Å². The number of nitrogens with two attached hydrogens (primary N) is 1. The molecule has 2 amide bonds. The zero-order chi connectivity index (χ0) is 19.4. The minimum atomic E-state index is -1.19. The first-order chi connectivity index (χ1) is 12.9. The zero-order valence-corrected chi connectivity index (χ0v) is 15.6. The second kappa shape index (κ2) is 7.80. The fraction of sp³-hybridized carbons (Fsp3) is 0.333. The van der Waals surface area contributed by atoms with Gasteiger partial charge >= 0.3 is 0 Å². The van der Waals surface area contributed by atoms with E-state index in [4.69, 9.17) is 10.5 Å². The van der Waals surface area contributed by atoms with Gasteiger partial charge in [0.15, 0.2) is 0 Å². The van der Waals surface area contributed by atoms with Crippen molar-refractivity contribution in [3.05, 3.63) is 65.7 Å². The molecule has 0 aromatic heterocycles. The van der Waals surface area contributed by atoms with E-state index in [0.717, 1.165) is 11.3 Å². The van der Waals surface area contributed by atoms with E-state index in [1.54, 1.807) is 18.9 Å². The minimum Gasteiger partial charge on any atom is -0.497 e. The highest BCUT2D eigenvalue weighted by molar-refractivity contribution is 5.93. The summed E-state index contributed by atoms with van der Waals surface area (Å²) in [5.74, 6) is 0.348. The first kappa shape index (κ1) is 18.9. The topological polar surface area (TPSA) is 84.7 Å². The fourth-order valence-corrected chi connectivity index (χ4v) is 3.20. The molecule has 1 aliphatic rings. The van der Waals surface area contributed by atoms with Crippen LogP contribution in [0.15, 0.2) is 54.6 Å². The Morgan fingerprint density at radius 1 is 1.22 bits per heavy atom. The SMILES string of the molecule is COc1ccc(CN2CCC(NC(=O)C(C)(N)c3ccccc3)C2=O)cc1. The van der Waals surface area contributed by atoms with Gasteiger partial charge in [0, 0.05) is 13.1 Å². The summed E-state index contributed by atoms with van der Waals surface area (Å²) in [6, 6.07) is 16.2. The normalized spacial score (nSPS) is 18.9. The van der Waals surface area contributed by atoms with Gasteiger partial charge in [-0.15, -0.1) is 0 Å². The molecular formula is C21H25N3O3. The molecule has 2 aromatic carbocycles. The highest BCUT2D eigenvalue weighted by Crippen LogP contribution is 2.21. The van der Waals surface area contributed by atoms with Crippen molar-refractivity contribution in [3.8, 4) is 5.75 Å². The maximum absolute atomic E-state index is 12.7. The van der Waals surface area contributed by atoms with E-state index in [0.29, 0.717) is 25.1 Å². The van der Waals surface area contributed by atoms with Crippen molar-refractivity contribution < 1.29 is 14.3 Å². The third kappa shape index (κ3) is 4.11. The summed E-state index contributed by atoms with van der Waals surface area (Å²) < 4.78 is 5.15. The van der Waals surface area contributed by atoms with E-state index in [1.807, 2.05) is 54.6 Å². The standard InChI is InChI=1S/C21H25N3O3/c1-21(22,16-6-4-3-5-7-16)20(26)23-18-12-13-24(19(18)25)14-15-8-10-17(27-2)11-9-15/h3-11,18H,12-14,22H2,1-2H3,(H,23,26). The van der Waals surface area contributed by atoms with E-state index < -0.39 is 11.6 Å². The number of hydrogen-bond donors (Lipinski definition) is 2. The van der Waals surface area contributed by atoms with Crippen LogP contribution < -0.4 is 15.8 Å². The summed E-state index contributed by atoms with van der Waals surface area (Å²) >= 11 is 0. The fourth-order valence-electron chi connectivity index (χ4n) is 3.20. The van der Waals surface area contributed by atoms with E-state index in [-0.39, 0.29) is 11.8 Å². The molecule has 27 heavy (non-hydrogen) atoms. The number of amides is 2. The predicted molar refractivity (Wildman–Crippen MR) is 103 cm³/mol. The number of likely N-dealkylation sites (tertiary alicyclic amines) is 1. The molecule has 0 bridgehead atoms. The van der Waals surface area contributed by atoms with Gasteiger partial charge in [0.25, 0.3) is 0 Å². The van der Waals surface area contributed by atoms with Crippen LogP contribution >= 0.6 is 0 Å². The number of nitrogens with zero attached hydrogens (tertiary/aromatic N) is 1. The maximum atomic E-state index is 12.7. The molecule has 1 aliphatic heterocycles. The number of nitrogens with one attached hydrogen (secondary N) is 1. The van der Waals surface area contributed by atoms with Gasteiger partial charge in [-0.05, 0) is 36.6 Å². The van der Waals surface area contributed by atoms with Crippen LogP contribution in [0.1, 0.15) is 24.5 Å². The summed E-state index contributed by atoms with van der Waals surface area (Å²) in [5.41, 5.74) is 6.78. The lowest BCUT2D eigenvalue weighted by Gasteiger charge is -2.26. The Balaban J connectivity index is 1.62. The average Bonchev–Trinajstić information content (AvgIpc) is 3.02. The highest BCUT2D eigenvalue weighted by atomic mass is 16.5. The molecule has 3 rings (SSSR count). The number of benzene rings is 2. The number of rotatable bonds is 6. The van der Waals surface area contributed by atoms with Crippen LogP contribution in [0.3, 0.4) is 0 Å². The Morgan fingerprint density at radius 3 is 2.52 bits per heavy atom. The third-order valence-electron chi connectivity index (χ3n) is 4.98. The Bertz CT molecular complexity index is 803. The number of hydrogen-bond acceptors (Lipinski definition) is 4. The van der Waals surface area contributed by atoms with Crippen molar-refractivity contribution in [1.82, 2.24) is 10.2 Å². The molecule has 2 unspecified atom stereocenters. The quantitative estimate of drug-likeness (QED) is 0.815. The second-order valence-electron chi connectivity index (χ2n) is 6.99. The molecule has 1 heterocycles. The molecule has 142 valence electrons. The first-order valence-electron chi connectivity index (χ1n) is 8.99. The largest absolute Gasteiger partial charge is 0.497 e. The van der Waals surface area contributed by atoms with E-state index in [2.05, 4.69) is 5.32 Å². The van der Waals surface area contributed by atoms with Crippen LogP contribution in [0.25, 0.3) is 0 Å². The second-order valence-corrected chi connectivity index (χ2v) is 6.99. The van der Waals surface area contributed by atoms with Crippen LogP contribution in [-0.4, -0.2) is 36.4 Å². The van der Waals surface area contributed by atoms with Gasteiger partial charge < -0.3 is 20.7 Å². The molecule has 3 N–H and O–H groups in total. The van der Waals surface area contributed by atoms with Crippen molar-refractivity contribution in [2.24, 2.45) is 5.73 Å². The van der Waals surface area contributed by atoms with Crippen molar-refractivity contribution in [2.45, 2.75) is 31.5 Å². The van der Waals surface area contributed by atoms with Gasteiger partial charge in [-0.1, -0.05) is 42.5 Å². The molecule has 6 nitrogen and oxygen atoms in total. The Labute approximate surface area is 159 Å². The Kier molecular flexibility index (Phi) is 5.46. The number of ether oxygens (including phenoxy) is 1. The zero-order valence-electron chi connectivity index (χ0n) is 15.6. The predicted octanol–water partition coefficient (Wildman–Crippen LogP) is 1.79. The van der Waals surface area contributed by atoms with Crippen LogP contribution in [0.4, 0.5) is 0 Å². The third-order valence-corrected chi connectivity index (χ3v) is 4.98. The highest BCUT2D eigenvalue weighted by Gasteiger charge is 2.37. The molecule has 0 spiro atoms. The Hall–Kier alpha value is -2.86. The van der Waals surface area contributed by atoms with Gasteiger partial charge in [-0.2, -0.15) is 0 Å². The lowest BCUT2D eigenvalue weighted by molar-refractivity contribution is -0.134. The van der Waals surface area contributed by atoms with Gasteiger partial charge in [-0.25, -0.2) is 0 Å². The Morgan fingerprint density at radius 2 is 1.89 bits per heavy atom. The first-order valence-corrected chi connectivity index (χ1v) is 8.99. The van der Waals surface area contributed by atoms with Crippen LogP contribution in [0.2, 0.25) is 0 Å². The van der Waals surface area contributed by atoms with Crippen molar-refractivity contribution in [3.63, 3.8) is 0 Å². The van der Waals surface area contributed by atoms with Gasteiger partial charge in [0.2, 0.25) is 11.8 Å². The van der Waals surface area contributed by atoms with Gasteiger partial charge in [-0.3, -0.25) is 9.59 Å². The van der Waals surface area contributed by atoms with Gasteiger partial charge in [0.05, 0.1) is 7.11 Å². The maximum Gasteiger partial charge on any atom is 0.245 e. The lowest BCUT2D eigenvalue weighted by atomic mass is 9.92. The molecule has 0 saturated carbocycles. The molecule has 0 aliphatic carbocycles. The van der Waals surface area contributed by atoms with Crippen molar-refractivity contribution in [2.75, 3.05) is 13.7 Å².